The Balaban J connectivity index is 2.43. The summed E-state index contributed by atoms with van der Waals surface area (Å²) in [6, 6.07) is 0. The second kappa shape index (κ2) is 3.60. The average molecular weight is 182 g/mol. The molecule has 0 aliphatic heterocycles. The second-order valence-electron chi connectivity index (χ2n) is 3.66. The first-order valence-electron chi connectivity index (χ1n) is 4.21. The molecule has 4 nitrogen and oxygen atoms in total. The molecule has 13 heavy (non-hydrogen) atoms. The number of carbonyl (C=O) groups is 1. The van der Waals surface area contributed by atoms with E-state index in [0.717, 1.165) is 19.1 Å². The lowest BCUT2D eigenvalue weighted by Crippen LogP contribution is -2.19. The Bertz CT molecular complexity index is 254. The van der Waals surface area contributed by atoms with Crippen LogP contribution in [0.3, 0.4) is 0 Å². The van der Waals surface area contributed by atoms with Crippen molar-refractivity contribution >= 4 is 12.1 Å². The molecule has 4 heteroatoms. The molecule has 0 aromatic carbocycles. The summed E-state index contributed by atoms with van der Waals surface area (Å²) in [5.74, 6) is -0.545. The molecule has 3 N–H and O–H groups in total. The lowest BCUT2D eigenvalue weighted by Gasteiger charge is -2.10. The van der Waals surface area contributed by atoms with Crippen LogP contribution in [0.25, 0.3) is 0 Å². The van der Waals surface area contributed by atoms with Crippen molar-refractivity contribution in [3.05, 3.63) is 11.8 Å². The Morgan fingerprint density at radius 2 is 2.31 bits per heavy atom. The summed E-state index contributed by atoms with van der Waals surface area (Å²) >= 11 is 0. The topological polar surface area (TPSA) is 76.2 Å². The van der Waals surface area contributed by atoms with Crippen LogP contribution < -0.4 is 5.73 Å². The standard InChI is InChI=1S/C9H14N2O2/c1-9(3-4-9)6-13-7(2-5-10)8(11)12/h2,5,10H,3-4,6H2,1H3,(H2,11,12)/b7-2+,10-5?. The molecule has 0 heterocycles. The van der Waals surface area contributed by atoms with Crippen molar-refractivity contribution in [2.75, 3.05) is 6.61 Å². The Morgan fingerprint density at radius 1 is 1.69 bits per heavy atom. The maximum Gasteiger partial charge on any atom is 0.283 e. The van der Waals surface area contributed by atoms with Gasteiger partial charge in [0.1, 0.15) is 0 Å². The summed E-state index contributed by atoms with van der Waals surface area (Å²) in [6.07, 6.45) is 4.52. The van der Waals surface area contributed by atoms with E-state index in [9.17, 15) is 4.79 Å². The Hall–Kier alpha value is -1.32. The zero-order valence-electron chi connectivity index (χ0n) is 7.67. The zero-order valence-corrected chi connectivity index (χ0v) is 7.67. The molecule has 1 aliphatic carbocycles. The van der Waals surface area contributed by atoms with Gasteiger partial charge in [-0.3, -0.25) is 4.79 Å². The first-order valence-corrected chi connectivity index (χ1v) is 4.21. The number of rotatable bonds is 5. The fourth-order valence-electron chi connectivity index (χ4n) is 0.887. The number of ether oxygens (including phenoxy) is 1. The minimum Gasteiger partial charge on any atom is -0.487 e. The summed E-state index contributed by atoms with van der Waals surface area (Å²) in [4.78, 5) is 10.8. The highest BCUT2D eigenvalue weighted by Gasteiger charge is 2.38. The largest absolute Gasteiger partial charge is 0.487 e. The van der Waals surface area contributed by atoms with Gasteiger partial charge in [0.2, 0.25) is 0 Å². The maximum atomic E-state index is 10.8. The molecule has 1 saturated carbocycles. The van der Waals surface area contributed by atoms with Gasteiger partial charge in [-0.25, -0.2) is 0 Å². The summed E-state index contributed by atoms with van der Waals surface area (Å²) in [6.45, 7) is 2.60. The number of allylic oxidation sites excluding steroid dienone is 1. The third kappa shape index (κ3) is 2.89. The lowest BCUT2D eigenvalue weighted by molar-refractivity contribution is -0.118. The van der Waals surface area contributed by atoms with Crippen molar-refractivity contribution in [1.82, 2.24) is 0 Å². The van der Waals surface area contributed by atoms with Crippen LogP contribution in [-0.4, -0.2) is 18.7 Å². The van der Waals surface area contributed by atoms with Gasteiger partial charge in [0, 0.05) is 17.7 Å². The molecule has 1 aliphatic rings. The van der Waals surface area contributed by atoms with Crippen LogP contribution in [0.1, 0.15) is 19.8 Å². The minimum atomic E-state index is -0.618. The van der Waals surface area contributed by atoms with Gasteiger partial charge in [-0.2, -0.15) is 0 Å². The zero-order chi connectivity index (χ0) is 9.90. The number of nitrogens with two attached hydrogens (primary N) is 1. The Labute approximate surface area is 77.3 Å². The van der Waals surface area contributed by atoms with E-state index in [1.807, 2.05) is 0 Å². The smallest absolute Gasteiger partial charge is 0.283 e. The third-order valence-corrected chi connectivity index (χ3v) is 2.16. The van der Waals surface area contributed by atoms with Crippen LogP contribution in [-0.2, 0) is 9.53 Å². The van der Waals surface area contributed by atoms with E-state index in [1.54, 1.807) is 0 Å². The molecule has 72 valence electrons. The number of hydrogen-bond donors (Lipinski definition) is 2. The van der Waals surface area contributed by atoms with E-state index >= 15 is 0 Å². The molecule has 0 bridgehead atoms. The molecule has 1 fully saturated rings. The van der Waals surface area contributed by atoms with Crippen LogP contribution in [0.4, 0.5) is 0 Å². The van der Waals surface area contributed by atoms with Gasteiger partial charge >= 0.3 is 0 Å². The van der Waals surface area contributed by atoms with Crippen molar-refractivity contribution in [2.24, 2.45) is 11.1 Å². The van der Waals surface area contributed by atoms with Gasteiger partial charge in [-0.15, -0.1) is 0 Å². The highest BCUT2D eigenvalue weighted by Crippen LogP contribution is 2.45. The Kier molecular flexibility index (Phi) is 2.70. The summed E-state index contributed by atoms with van der Waals surface area (Å²) in [7, 11) is 0. The van der Waals surface area contributed by atoms with Crippen LogP contribution >= 0.6 is 0 Å². The number of nitrogens with one attached hydrogen (secondary N) is 1. The average Bonchev–Trinajstić information content (AvgIpc) is 2.77. The van der Waals surface area contributed by atoms with Crippen molar-refractivity contribution in [3.63, 3.8) is 0 Å². The van der Waals surface area contributed by atoms with Crippen LogP contribution in [0, 0.1) is 10.8 Å². The predicted molar refractivity (Wildman–Crippen MR) is 49.4 cm³/mol. The summed E-state index contributed by atoms with van der Waals surface area (Å²) in [5, 5.41) is 6.79. The predicted octanol–water partition coefficient (Wildman–Crippen LogP) is 0.822. The number of hydrogen-bond acceptors (Lipinski definition) is 3. The number of carbonyl (C=O) groups excluding carboxylic acids is 1. The van der Waals surface area contributed by atoms with Crippen LogP contribution in [0.5, 0.6) is 0 Å². The molecule has 0 aromatic rings. The van der Waals surface area contributed by atoms with E-state index < -0.39 is 5.91 Å². The van der Waals surface area contributed by atoms with Gasteiger partial charge in [0.25, 0.3) is 5.91 Å². The fourth-order valence-corrected chi connectivity index (χ4v) is 0.887. The van der Waals surface area contributed by atoms with Gasteiger partial charge in [-0.05, 0) is 12.8 Å². The van der Waals surface area contributed by atoms with E-state index in [1.165, 1.54) is 6.08 Å². The molecular formula is C9H14N2O2. The van der Waals surface area contributed by atoms with Crippen LogP contribution in [0.2, 0.25) is 0 Å². The van der Waals surface area contributed by atoms with Gasteiger partial charge in [-0.1, -0.05) is 6.92 Å². The van der Waals surface area contributed by atoms with E-state index in [2.05, 4.69) is 6.92 Å². The molecule has 0 unspecified atom stereocenters. The van der Waals surface area contributed by atoms with Crippen molar-refractivity contribution < 1.29 is 9.53 Å². The normalized spacial score (nSPS) is 19.3. The maximum absolute atomic E-state index is 10.8. The molecule has 0 aromatic heterocycles. The Morgan fingerprint density at radius 3 is 2.69 bits per heavy atom. The van der Waals surface area contributed by atoms with Crippen molar-refractivity contribution in [2.45, 2.75) is 19.8 Å². The molecule has 1 amide bonds. The molecule has 0 radical (unpaired) electrons. The highest BCUT2D eigenvalue weighted by atomic mass is 16.5. The van der Waals surface area contributed by atoms with Crippen molar-refractivity contribution in [1.29, 1.82) is 5.41 Å². The summed E-state index contributed by atoms with van der Waals surface area (Å²) in [5.41, 5.74) is 5.26. The van der Waals surface area contributed by atoms with Gasteiger partial charge < -0.3 is 15.9 Å². The molecule has 0 spiro atoms. The third-order valence-electron chi connectivity index (χ3n) is 2.16. The SMILES string of the molecule is CC1(CO/C(=C/C=N)C(N)=O)CC1. The second-order valence-corrected chi connectivity index (χ2v) is 3.66. The van der Waals surface area contributed by atoms with E-state index in [4.69, 9.17) is 15.9 Å². The van der Waals surface area contributed by atoms with E-state index in [-0.39, 0.29) is 11.2 Å². The fraction of sp³-hybridized carbons (Fsp3) is 0.556. The quantitative estimate of drug-likeness (QED) is 0.375. The number of primary amides is 1. The molecule has 1 rings (SSSR count). The monoisotopic (exact) mass is 182 g/mol. The molecule has 0 saturated heterocycles. The van der Waals surface area contributed by atoms with Crippen LogP contribution in [0.15, 0.2) is 11.8 Å². The molecule has 0 atom stereocenters. The minimum absolute atomic E-state index is 0.0723. The lowest BCUT2D eigenvalue weighted by atomic mass is 10.2. The highest BCUT2D eigenvalue weighted by molar-refractivity contribution is 5.93. The number of amides is 1. The van der Waals surface area contributed by atoms with Gasteiger partial charge in [0.05, 0.1) is 6.61 Å². The van der Waals surface area contributed by atoms with Crippen molar-refractivity contribution in [3.8, 4) is 0 Å². The first kappa shape index (κ1) is 9.77. The van der Waals surface area contributed by atoms with Gasteiger partial charge in [0.15, 0.2) is 5.76 Å². The van der Waals surface area contributed by atoms with E-state index in [0.29, 0.717) is 6.61 Å². The summed E-state index contributed by atoms with van der Waals surface area (Å²) < 4.78 is 5.21. The first-order chi connectivity index (χ1) is 6.07. The molecular weight excluding hydrogens is 168 g/mol.